The molecule has 0 spiro atoms. The van der Waals surface area contributed by atoms with Crippen LogP contribution >= 0.6 is 0 Å². The van der Waals surface area contributed by atoms with E-state index in [4.69, 9.17) is 10.00 Å². The highest BCUT2D eigenvalue weighted by atomic mass is 16.5. The molecule has 2 rings (SSSR count). The third kappa shape index (κ3) is 3.33. The molecule has 0 saturated carbocycles. The minimum atomic E-state index is -0.429. The van der Waals surface area contributed by atoms with Gasteiger partial charge in [0.25, 0.3) is 0 Å². The third-order valence-electron chi connectivity index (χ3n) is 2.85. The zero-order chi connectivity index (χ0) is 14.4. The first kappa shape index (κ1) is 13.6. The van der Waals surface area contributed by atoms with Crippen LogP contribution in [0.4, 0.5) is 0 Å². The lowest BCUT2D eigenvalue weighted by Gasteiger charge is -2.05. The van der Waals surface area contributed by atoms with Crippen molar-refractivity contribution in [1.82, 2.24) is 0 Å². The first-order valence-electron chi connectivity index (χ1n) is 6.11. The first-order chi connectivity index (χ1) is 9.72. The van der Waals surface area contributed by atoms with E-state index in [1.807, 2.05) is 36.4 Å². The summed E-state index contributed by atoms with van der Waals surface area (Å²) in [5.74, 6) is -0.429. The van der Waals surface area contributed by atoms with Gasteiger partial charge in [-0.3, -0.25) is 0 Å². The van der Waals surface area contributed by atoms with Gasteiger partial charge < -0.3 is 4.74 Å². The molecule has 0 fully saturated rings. The minimum absolute atomic E-state index is 0.235. The summed E-state index contributed by atoms with van der Waals surface area (Å²) >= 11 is 0. The highest BCUT2D eigenvalue weighted by Gasteiger charge is 2.01. The van der Waals surface area contributed by atoms with E-state index in [2.05, 4.69) is 12.6 Å². The van der Waals surface area contributed by atoms with Gasteiger partial charge in [-0.05, 0) is 28.8 Å². The molecule has 98 valence electrons. The van der Waals surface area contributed by atoms with Crippen molar-refractivity contribution in [3.05, 3.63) is 72.3 Å². The quantitative estimate of drug-likeness (QED) is 0.627. The Morgan fingerprint density at radius 2 is 1.65 bits per heavy atom. The van der Waals surface area contributed by atoms with Crippen LogP contribution < -0.4 is 0 Å². The Morgan fingerprint density at radius 3 is 2.15 bits per heavy atom. The number of nitriles is 1. The molecule has 2 aromatic carbocycles. The maximum Gasteiger partial charge on any atom is 0.330 e. The normalized spacial score (nSPS) is 9.55. The smallest absolute Gasteiger partial charge is 0.330 e. The van der Waals surface area contributed by atoms with Crippen LogP contribution in [0.15, 0.2) is 61.2 Å². The Labute approximate surface area is 117 Å². The number of hydrogen-bond acceptors (Lipinski definition) is 3. The lowest BCUT2D eigenvalue weighted by atomic mass is 10.0. The van der Waals surface area contributed by atoms with Gasteiger partial charge in [-0.25, -0.2) is 4.79 Å². The van der Waals surface area contributed by atoms with Gasteiger partial charge in [0.2, 0.25) is 0 Å². The van der Waals surface area contributed by atoms with Crippen LogP contribution in [0.1, 0.15) is 11.1 Å². The fourth-order valence-corrected chi connectivity index (χ4v) is 1.74. The maximum absolute atomic E-state index is 11.0. The van der Waals surface area contributed by atoms with E-state index < -0.39 is 5.97 Å². The molecule has 0 aromatic heterocycles. The Bertz CT molecular complexity index is 649. The van der Waals surface area contributed by atoms with Crippen LogP contribution in [0.25, 0.3) is 11.1 Å². The fourth-order valence-electron chi connectivity index (χ4n) is 1.74. The van der Waals surface area contributed by atoms with Gasteiger partial charge in [0.1, 0.15) is 6.61 Å². The topological polar surface area (TPSA) is 50.1 Å². The number of rotatable bonds is 4. The first-order valence-corrected chi connectivity index (χ1v) is 6.11. The van der Waals surface area contributed by atoms with Crippen molar-refractivity contribution in [2.75, 3.05) is 0 Å². The highest BCUT2D eigenvalue weighted by Crippen LogP contribution is 2.20. The lowest BCUT2D eigenvalue weighted by molar-refractivity contribution is -0.138. The zero-order valence-corrected chi connectivity index (χ0v) is 10.9. The molecule has 0 unspecified atom stereocenters. The van der Waals surface area contributed by atoms with Crippen LogP contribution in [-0.4, -0.2) is 5.97 Å². The predicted octanol–water partition coefficient (Wildman–Crippen LogP) is 3.45. The van der Waals surface area contributed by atoms with Crippen molar-refractivity contribution in [2.24, 2.45) is 0 Å². The second kappa shape index (κ2) is 6.35. The number of carbonyl (C=O) groups is 1. The van der Waals surface area contributed by atoms with Crippen LogP contribution in [0.2, 0.25) is 0 Å². The van der Waals surface area contributed by atoms with E-state index in [1.165, 1.54) is 0 Å². The number of ether oxygens (including phenoxy) is 1. The van der Waals surface area contributed by atoms with Crippen LogP contribution in [0.3, 0.4) is 0 Å². The number of hydrogen-bond donors (Lipinski definition) is 0. The van der Waals surface area contributed by atoms with Crippen molar-refractivity contribution < 1.29 is 9.53 Å². The standard InChI is InChI=1S/C17H13NO2/c1-2-17(19)20-12-14-5-9-16(10-6-14)15-7-3-13(11-18)4-8-15/h2-10H,1,12H2. The van der Waals surface area contributed by atoms with E-state index >= 15 is 0 Å². The van der Waals surface area contributed by atoms with Gasteiger partial charge in [0, 0.05) is 6.08 Å². The summed E-state index contributed by atoms with van der Waals surface area (Å²) in [6, 6.07) is 17.2. The summed E-state index contributed by atoms with van der Waals surface area (Å²) < 4.78 is 4.96. The minimum Gasteiger partial charge on any atom is -0.458 e. The van der Waals surface area contributed by atoms with Gasteiger partial charge in [-0.1, -0.05) is 43.0 Å². The molecule has 0 aliphatic carbocycles. The average molecular weight is 263 g/mol. The van der Waals surface area contributed by atoms with Crippen LogP contribution in [-0.2, 0) is 16.1 Å². The molecule has 0 radical (unpaired) electrons. The van der Waals surface area contributed by atoms with E-state index in [-0.39, 0.29) is 6.61 Å². The molecule has 0 heterocycles. The molecule has 0 amide bonds. The van der Waals surface area contributed by atoms with E-state index in [0.717, 1.165) is 22.8 Å². The maximum atomic E-state index is 11.0. The van der Waals surface area contributed by atoms with E-state index in [1.54, 1.807) is 12.1 Å². The SMILES string of the molecule is C=CC(=O)OCc1ccc(-c2ccc(C#N)cc2)cc1. The van der Waals surface area contributed by atoms with Crippen molar-refractivity contribution in [1.29, 1.82) is 5.26 Å². The molecule has 0 saturated heterocycles. The van der Waals surface area contributed by atoms with Crippen molar-refractivity contribution in [2.45, 2.75) is 6.61 Å². The summed E-state index contributed by atoms with van der Waals surface area (Å²) in [6.45, 7) is 3.58. The molecule has 0 aliphatic heterocycles. The molecular weight excluding hydrogens is 250 g/mol. The van der Waals surface area contributed by atoms with Crippen molar-refractivity contribution >= 4 is 5.97 Å². The van der Waals surface area contributed by atoms with Crippen molar-refractivity contribution in [3.63, 3.8) is 0 Å². The number of benzene rings is 2. The Kier molecular flexibility index (Phi) is 4.31. The fraction of sp³-hybridized carbons (Fsp3) is 0.0588. The number of esters is 1. The monoisotopic (exact) mass is 263 g/mol. The predicted molar refractivity (Wildman–Crippen MR) is 76.6 cm³/mol. The molecule has 2 aromatic rings. The van der Waals surface area contributed by atoms with E-state index in [0.29, 0.717) is 5.56 Å². The molecule has 0 atom stereocenters. The summed E-state index contributed by atoms with van der Waals surface area (Å²) in [5, 5.41) is 8.76. The molecule has 3 heteroatoms. The van der Waals surface area contributed by atoms with Crippen molar-refractivity contribution in [3.8, 4) is 17.2 Å². The summed E-state index contributed by atoms with van der Waals surface area (Å²) in [4.78, 5) is 11.0. The Hall–Kier alpha value is -2.86. The molecule has 0 aliphatic rings. The molecule has 3 nitrogen and oxygen atoms in total. The second-order valence-electron chi connectivity index (χ2n) is 4.20. The molecule has 20 heavy (non-hydrogen) atoms. The van der Waals surface area contributed by atoms with Gasteiger partial charge in [-0.2, -0.15) is 5.26 Å². The molecule has 0 bridgehead atoms. The summed E-state index contributed by atoms with van der Waals surface area (Å²) in [6.07, 6.45) is 1.14. The summed E-state index contributed by atoms with van der Waals surface area (Å²) in [5.41, 5.74) is 3.64. The Balaban J connectivity index is 2.09. The number of carbonyl (C=O) groups excluding carboxylic acids is 1. The molecular formula is C17H13NO2. The van der Waals surface area contributed by atoms with Crippen LogP contribution in [0.5, 0.6) is 0 Å². The third-order valence-corrected chi connectivity index (χ3v) is 2.85. The van der Waals surface area contributed by atoms with Gasteiger partial charge in [0.05, 0.1) is 11.6 Å². The van der Waals surface area contributed by atoms with Gasteiger partial charge in [0.15, 0.2) is 0 Å². The van der Waals surface area contributed by atoms with Gasteiger partial charge in [-0.15, -0.1) is 0 Å². The Morgan fingerprint density at radius 1 is 1.10 bits per heavy atom. The zero-order valence-electron chi connectivity index (χ0n) is 10.9. The number of nitrogens with zero attached hydrogens (tertiary/aromatic N) is 1. The van der Waals surface area contributed by atoms with Crippen LogP contribution in [0, 0.1) is 11.3 Å². The summed E-state index contributed by atoms with van der Waals surface area (Å²) in [7, 11) is 0. The van der Waals surface area contributed by atoms with Gasteiger partial charge >= 0.3 is 5.97 Å². The largest absolute Gasteiger partial charge is 0.458 e. The highest BCUT2D eigenvalue weighted by molar-refractivity contribution is 5.81. The van der Waals surface area contributed by atoms with E-state index in [9.17, 15) is 4.79 Å². The average Bonchev–Trinajstić information content (AvgIpc) is 2.53. The molecule has 0 N–H and O–H groups in total. The second-order valence-corrected chi connectivity index (χ2v) is 4.20. The lowest BCUT2D eigenvalue weighted by Crippen LogP contribution is -1.99.